The number of anilines is 4. The van der Waals surface area contributed by atoms with Crippen molar-refractivity contribution in [1.82, 2.24) is 24.8 Å². The number of thiophene rings is 1. The van der Waals surface area contributed by atoms with Gasteiger partial charge in [-0.15, -0.1) is 11.3 Å². The zero-order valence-electron chi connectivity index (χ0n) is 42.3. The maximum absolute atomic E-state index is 13.8. The summed E-state index contributed by atoms with van der Waals surface area (Å²) in [5.74, 6) is 11.4. The van der Waals surface area contributed by atoms with Gasteiger partial charge in [0.15, 0.2) is 0 Å². The first-order valence-electron chi connectivity index (χ1n) is 24.3. The molecule has 2 fully saturated rings. The Morgan fingerprint density at radius 2 is 1.39 bits per heavy atom. The number of carbonyl (C=O) groups is 3. The Kier molecular flexibility index (Phi) is 17.2. The van der Waals surface area contributed by atoms with Gasteiger partial charge in [0.2, 0.25) is 11.9 Å². The standard InChI is InChI=1S/C32H31F3N6OS.C26H20F3N3O2/c1-21-6-7-24(17-23(21)8-9-25-19-37-31(36-2)39-29(25)28-5-4-14-43-28)30(42)38-27-16-22(15-26(18-27)32(33,34)35)20-41-12-10-40(3)11-13-41;1-17-6-8-20(14-19(17)9-7-18-4-2-12-30-16-18)25(34)31-22-15-21(26(27,28)29)10-11-23(22)32-13-3-5-24(32)33/h4-7,14-19H,10-13,20H2,1-3H3,(H,38,42)(H,36,37,39);2,4,6,8,10-12,14-16H,3,5,13H2,1H3,(H,31,34). The zero-order chi connectivity index (χ0) is 54.9. The molecule has 0 saturated carbocycles. The van der Waals surface area contributed by atoms with Crippen LogP contribution in [0.2, 0.25) is 0 Å². The fourth-order valence-electron chi connectivity index (χ4n) is 8.33. The minimum atomic E-state index is -4.59. The number of carbonyl (C=O) groups excluding carboxylic acids is 3. The van der Waals surface area contributed by atoms with E-state index in [4.69, 9.17) is 0 Å². The van der Waals surface area contributed by atoms with Crippen molar-refractivity contribution in [3.63, 3.8) is 0 Å². The molecular weight excluding hydrogens is 1020 g/mol. The largest absolute Gasteiger partial charge is 0.416 e. The van der Waals surface area contributed by atoms with Gasteiger partial charge in [-0.2, -0.15) is 26.3 Å². The second kappa shape index (κ2) is 24.1. The summed E-state index contributed by atoms with van der Waals surface area (Å²) in [6.45, 7) is 7.71. The molecule has 0 atom stereocenters. The highest BCUT2D eigenvalue weighted by Gasteiger charge is 2.34. The van der Waals surface area contributed by atoms with Gasteiger partial charge in [0, 0.05) is 105 Å². The van der Waals surface area contributed by atoms with Crippen molar-refractivity contribution in [1.29, 1.82) is 0 Å². The first-order chi connectivity index (χ1) is 36.8. The van der Waals surface area contributed by atoms with E-state index in [0.717, 1.165) is 66.4 Å². The van der Waals surface area contributed by atoms with E-state index in [1.54, 1.807) is 91.6 Å². The third kappa shape index (κ3) is 14.3. The molecule has 7 aromatic rings. The van der Waals surface area contributed by atoms with E-state index in [1.807, 2.05) is 38.4 Å². The molecule has 0 aliphatic carbocycles. The molecule has 394 valence electrons. The van der Waals surface area contributed by atoms with Crippen LogP contribution < -0.4 is 20.9 Å². The molecule has 2 aliphatic rings. The predicted molar refractivity (Wildman–Crippen MR) is 287 cm³/mol. The van der Waals surface area contributed by atoms with Gasteiger partial charge < -0.3 is 25.8 Å². The first-order valence-corrected chi connectivity index (χ1v) is 25.2. The lowest BCUT2D eigenvalue weighted by Crippen LogP contribution is -2.43. The van der Waals surface area contributed by atoms with E-state index in [9.17, 15) is 40.7 Å². The van der Waals surface area contributed by atoms with Crippen LogP contribution in [-0.4, -0.2) is 89.3 Å². The molecule has 19 heteroatoms. The summed E-state index contributed by atoms with van der Waals surface area (Å²) in [4.78, 5) is 58.0. The Morgan fingerprint density at radius 1 is 0.714 bits per heavy atom. The molecule has 4 aromatic carbocycles. The summed E-state index contributed by atoms with van der Waals surface area (Å²) < 4.78 is 81.3. The number of piperazine rings is 1. The molecule has 3 amide bonds. The highest BCUT2D eigenvalue weighted by Crippen LogP contribution is 2.38. The second-order valence-corrected chi connectivity index (χ2v) is 19.2. The predicted octanol–water partition coefficient (Wildman–Crippen LogP) is 11.2. The summed E-state index contributed by atoms with van der Waals surface area (Å²) in [6.07, 6.45) is -3.31. The average Bonchev–Trinajstić information content (AvgIpc) is 4.11. The van der Waals surface area contributed by atoms with E-state index >= 15 is 0 Å². The van der Waals surface area contributed by atoms with E-state index in [2.05, 4.69) is 64.4 Å². The number of halogens is 6. The third-order valence-electron chi connectivity index (χ3n) is 12.6. The second-order valence-electron chi connectivity index (χ2n) is 18.3. The maximum Gasteiger partial charge on any atom is 0.416 e. The van der Waals surface area contributed by atoms with Gasteiger partial charge in [-0.25, -0.2) is 9.97 Å². The topological polar surface area (TPSA) is 136 Å². The molecule has 12 nitrogen and oxygen atoms in total. The molecule has 5 heterocycles. The molecule has 0 spiro atoms. The molecule has 2 saturated heterocycles. The minimum Gasteiger partial charge on any atom is -0.357 e. The highest BCUT2D eigenvalue weighted by molar-refractivity contribution is 7.13. The SMILES string of the molecule is CNc1ncc(C#Cc2cc(C(=O)Nc3cc(CN4CCN(C)CC4)cc(C(F)(F)F)c3)ccc2C)c(-c2cccs2)n1.Cc1ccc(C(=O)Nc2cc(C(F)(F)F)ccc2N2CCCC2=O)cc1C#Cc1cccnc1. The Labute approximate surface area is 445 Å². The maximum atomic E-state index is 13.8. The van der Waals surface area contributed by atoms with E-state index in [1.165, 1.54) is 11.0 Å². The summed E-state index contributed by atoms with van der Waals surface area (Å²) in [6, 6.07) is 24.1. The highest BCUT2D eigenvalue weighted by atomic mass is 32.1. The average molecular weight is 1070 g/mol. The van der Waals surface area contributed by atoms with Crippen LogP contribution in [-0.2, 0) is 23.7 Å². The molecule has 0 radical (unpaired) electrons. The number of rotatable bonds is 9. The number of alkyl halides is 6. The summed E-state index contributed by atoms with van der Waals surface area (Å²) in [7, 11) is 3.77. The van der Waals surface area contributed by atoms with E-state index in [0.29, 0.717) is 65.4 Å². The normalized spacial score (nSPS) is 13.8. The fourth-order valence-corrected chi connectivity index (χ4v) is 9.06. The molecule has 0 bridgehead atoms. The number of benzene rings is 4. The van der Waals surface area contributed by atoms with Gasteiger partial charge in [0.05, 0.1) is 32.9 Å². The summed E-state index contributed by atoms with van der Waals surface area (Å²) in [5, 5.41) is 10.1. The number of aryl methyl sites for hydroxylation is 2. The third-order valence-corrected chi connectivity index (χ3v) is 13.5. The van der Waals surface area contributed by atoms with Gasteiger partial charge in [-0.1, -0.05) is 41.9 Å². The Balaban J connectivity index is 0.000000209. The summed E-state index contributed by atoms with van der Waals surface area (Å²) in [5.41, 5.74) is 4.53. The quantitative estimate of drug-likeness (QED) is 0.0954. The number of likely N-dealkylation sites (N-methyl/N-ethyl adjacent to an activating group) is 1. The molecule has 9 rings (SSSR count). The van der Waals surface area contributed by atoms with Gasteiger partial charge >= 0.3 is 12.4 Å². The number of amides is 3. The van der Waals surface area contributed by atoms with Crippen LogP contribution in [0, 0.1) is 37.5 Å². The van der Waals surface area contributed by atoms with E-state index < -0.39 is 35.3 Å². The van der Waals surface area contributed by atoms with Crippen molar-refractivity contribution in [2.75, 3.05) is 67.7 Å². The molecule has 2 aliphatic heterocycles. The van der Waals surface area contributed by atoms with Crippen molar-refractivity contribution in [3.05, 3.63) is 182 Å². The van der Waals surface area contributed by atoms with Crippen LogP contribution in [0.5, 0.6) is 0 Å². The first kappa shape index (κ1) is 54.9. The Hall–Kier alpha value is -8.36. The van der Waals surface area contributed by atoms with Crippen molar-refractivity contribution >= 4 is 52.1 Å². The van der Waals surface area contributed by atoms with Gasteiger partial charge in [0.25, 0.3) is 11.8 Å². The number of hydrogen-bond acceptors (Lipinski definition) is 10. The minimum absolute atomic E-state index is 0.0707. The van der Waals surface area contributed by atoms with Crippen LogP contribution in [0.15, 0.2) is 121 Å². The van der Waals surface area contributed by atoms with Crippen LogP contribution >= 0.6 is 11.3 Å². The molecule has 3 N–H and O–H groups in total. The Bertz CT molecular complexity index is 3430. The van der Waals surface area contributed by atoms with Gasteiger partial charge in [-0.3, -0.25) is 24.3 Å². The van der Waals surface area contributed by atoms with Crippen molar-refractivity contribution in [3.8, 4) is 34.3 Å². The van der Waals surface area contributed by atoms with Crippen LogP contribution in [0.1, 0.15) is 83.6 Å². The lowest BCUT2D eigenvalue weighted by molar-refractivity contribution is -0.138. The lowest BCUT2D eigenvalue weighted by Gasteiger charge is -2.32. The van der Waals surface area contributed by atoms with E-state index in [-0.39, 0.29) is 34.1 Å². The number of nitrogens with one attached hydrogen (secondary N) is 3. The van der Waals surface area contributed by atoms with Crippen LogP contribution in [0.25, 0.3) is 10.6 Å². The number of aromatic nitrogens is 3. The smallest absolute Gasteiger partial charge is 0.357 e. The Morgan fingerprint density at radius 3 is 2.00 bits per heavy atom. The molecule has 77 heavy (non-hydrogen) atoms. The lowest BCUT2D eigenvalue weighted by atomic mass is 10.0. The summed E-state index contributed by atoms with van der Waals surface area (Å²) >= 11 is 1.54. The molecule has 3 aromatic heterocycles. The van der Waals surface area contributed by atoms with Gasteiger partial charge in [0.1, 0.15) is 5.69 Å². The number of pyridine rings is 1. The number of hydrogen-bond donors (Lipinski definition) is 3. The van der Waals surface area contributed by atoms with Gasteiger partial charge in [-0.05, 0) is 128 Å². The number of nitrogens with zero attached hydrogens (tertiary/aromatic N) is 6. The van der Waals surface area contributed by atoms with Crippen LogP contribution in [0.4, 0.5) is 49.4 Å². The fraction of sp³-hybridized carbons (Fsp3) is 0.241. The monoisotopic (exact) mass is 1070 g/mol. The van der Waals surface area contributed by atoms with Crippen molar-refractivity contribution in [2.24, 2.45) is 0 Å². The molecule has 0 unspecified atom stereocenters. The van der Waals surface area contributed by atoms with Crippen LogP contribution in [0.3, 0.4) is 0 Å². The molecular formula is C58H51F6N9O3S. The van der Waals surface area contributed by atoms with Crippen molar-refractivity contribution < 1.29 is 40.7 Å². The van der Waals surface area contributed by atoms with Crippen molar-refractivity contribution in [2.45, 2.75) is 45.6 Å². The zero-order valence-corrected chi connectivity index (χ0v) is 43.1.